The fraction of sp³-hybridized carbons (Fsp3) is 0.174. The van der Waals surface area contributed by atoms with Gasteiger partial charge in [-0.1, -0.05) is 18.2 Å². The van der Waals surface area contributed by atoms with Crippen molar-refractivity contribution in [2.45, 2.75) is 6.92 Å². The molecule has 32 heavy (non-hydrogen) atoms. The Labute approximate surface area is 187 Å². The number of hydrogen-bond donors (Lipinski definition) is 0. The summed E-state index contributed by atoms with van der Waals surface area (Å²) in [6, 6.07) is 12.2. The van der Waals surface area contributed by atoms with Crippen LogP contribution in [0.4, 0.5) is 0 Å². The summed E-state index contributed by atoms with van der Waals surface area (Å²) in [5.74, 6) is -1.31. The maximum absolute atomic E-state index is 13.0. The zero-order valence-electron chi connectivity index (χ0n) is 17.4. The highest BCUT2D eigenvalue weighted by molar-refractivity contribution is 7.13. The first-order valence-corrected chi connectivity index (χ1v) is 10.8. The van der Waals surface area contributed by atoms with Crippen LogP contribution in [-0.4, -0.2) is 50.6 Å². The van der Waals surface area contributed by atoms with E-state index in [1.807, 2.05) is 24.4 Å². The molecule has 160 valence electrons. The number of carbonyl (C=O) groups is 3. The van der Waals surface area contributed by atoms with E-state index >= 15 is 0 Å². The number of aromatic nitrogens is 3. The summed E-state index contributed by atoms with van der Waals surface area (Å²) in [7, 11) is 1.78. The number of amides is 2. The van der Waals surface area contributed by atoms with E-state index in [2.05, 4.69) is 10.1 Å². The van der Waals surface area contributed by atoms with Crippen LogP contribution in [0.25, 0.3) is 21.6 Å². The molecule has 0 saturated heterocycles. The third-order valence-electron chi connectivity index (χ3n) is 5.39. The van der Waals surface area contributed by atoms with Crippen LogP contribution >= 0.6 is 11.3 Å². The van der Waals surface area contributed by atoms with Gasteiger partial charge in [0.15, 0.2) is 5.65 Å². The second-order valence-electron chi connectivity index (χ2n) is 7.38. The molecule has 0 N–H and O–H groups in total. The molecule has 2 amide bonds. The van der Waals surface area contributed by atoms with Crippen LogP contribution in [0, 0.1) is 6.92 Å². The predicted molar refractivity (Wildman–Crippen MR) is 119 cm³/mol. The van der Waals surface area contributed by atoms with Gasteiger partial charge in [-0.15, -0.1) is 11.3 Å². The molecule has 0 saturated carbocycles. The number of aryl methyl sites for hydroxylation is 2. The second kappa shape index (κ2) is 7.69. The van der Waals surface area contributed by atoms with Crippen LogP contribution in [0.15, 0.2) is 47.8 Å². The molecule has 9 heteroatoms. The van der Waals surface area contributed by atoms with Crippen molar-refractivity contribution in [3.63, 3.8) is 0 Å². The minimum absolute atomic E-state index is 0.0177. The zero-order valence-corrected chi connectivity index (χ0v) is 18.2. The number of rotatable bonds is 5. The molecule has 0 aliphatic carbocycles. The van der Waals surface area contributed by atoms with Gasteiger partial charge in [-0.3, -0.25) is 19.2 Å². The molecule has 1 aromatic carbocycles. The van der Waals surface area contributed by atoms with Gasteiger partial charge < -0.3 is 4.74 Å². The number of ether oxygens (including phenoxy) is 1. The van der Waals surface area contributed by atoms with Crippen molar-refractivity contribution in [1.29, 1.82) is 0 Å². The Morgan fingerprint density at radius 3 is 2.47 bits per heavy atom. The SMILES string of the molecule is Cc1nn(C)c2nc(-c3cccs3)cc(C(=O)OCCN3C(=O)c4ccccc4C3=O)c12. The van der Waals surface area contributed by atoms with E-state index in [-0.39, 0.29) is 25.0 Å². The molecular weight excluding hydrogens is 428 g/mol. The van der Waals surface area contributed by atoms with Gasteiger partial charge in [0.1, 0.15) is 6.61 Å². The Hall–Kier alpha value is -3.85. The van der Waals surface area contributed by atoms with Crippen molar-refractivity contribution < 1.29 is 19.1 Å². The molecule has 0 atom stereocenters. The molecule has 0 spiro atoms. The van der Waals surface area contributed by atoms with Crippen molar-refractivity contribution in [2.75, 3.05) is 13.2 Å². The van der Waals surface area contributed by atoms with Crippen molar-refractivity contribution in [2.24, 2.45) is 7.05 Å². The van der Waals surface area contributed by atoms with Gasteiger partial charge in [0.05, 0.1) is 44.9 Å². The maximum Gasteiger partial charge on any atom is 0.339 e. The Morgan fingerprint density at radius 2 is 1.81 bits per heavy atom. The van der Waals surface area contributed by atoms with Gasteiger partial charge in [-0.05, 0) is 36.6 Å². The molecule has 5 rings (SSSR count). The number of nitrogens with zero attached hydrogens (tertiary/aromatic N) is 4. The lowest BCUT2D eigenvalue weighted by atomic mass is 10.1. The number of thiophene rings is 1. The first-order chi connectivity index (χ1) is 15.5. The number of hydrogen-bond acceptors (Lipinski definition) is 7. The Kier molecular flexibility index (Phi) is 4.82. The standard InChI is InChI=1S/C23H18N4O4S/c1-13-19-16(12-17(18-8-5-11-32-18)24-20(19)26(2)25-13)23(30)31-10-9-27-21(28)14-6-3-4-7-15(14)22(27)29/h3-8,11-12H,9-10H2,1-2H3. The van der Waals surface area contributed by atoms with E-state index in [0.717, 1.165) is 9.78 Å². The van der Waals surface area contributed by atoms with E-state index < -0.39 is 5.97 Å². The molecule has 1 aliphatic rings. The molecule has 1 aliphatic heterocycles. The van der Waals surface area contributed by atoms with Crippen LogP contribution in [-0.2, 0) is 11.8 Å². The highest BCUT2D eigenvalue weighted by atomic mass is 32.1. The van der Waals surface area contributed by atoms with Crippen molar-refractivity contribution in [1.82, 2.24) is 19.7 Å². The summed E-state index contributed by atoms with van der Waals surface area (Å²) in [6.07, 6.45) is 0. The predicted octanol–water partition coefficient (Wildman–Crippen LogP) is 3.46. The molecule has 0 unspecified atom stereocenters. The second-order valence-corrected chi connectivity index (χ2v) is 8.33. The fourth-order valence-corrected chi connectivity index (χ4v) is 4.59. The van der Waals surface area contributed by atoms with Crippen LogP contribution < -0.4 is 0 Å². The van der Waals surface area contributed by atoms with E-state index in [0.29, 0.717) is 39.1 Å². The largest absolute Gasteiger partial charge is 0.460 e. The van der Waals surface area contributed by atoms with Gasteiger partial charge >= 0.3 is 5.97 Å². The molecule has 0 fully saturated rings. The number of benzene rings is 1. The fourth-order valence-electron chi connectivity index (χ4n) is 3.91. The summed E-state index contributed by atoms with van der Waals surface area (Å²) in [5.41, 5.74) is 2.99. The summed E-state index contributed by atoms with van der Waals surface area (Å²) in [6.45, 7) is 1.68. The third kappa shape index (κ3) is 3.18. The molecule has 4 heterocycles. The van der Waals surface area contributed by atoms with Gasteiger partial charge in [-0.2, -0.15) is 5.10 Å². The van der Waals surface area contributed by atoms with Gasteiger partial charge in [0.2, 0.25) is 0 Å². The lowest BCUT2D eigenvalue weighted by molar-refractivity contribution is 0.0422. The number of carbonyl (C=O) groups excluding carboxylic acids is 3. The highest BCUT2D eigenvalue weighted by Crippen LogP contribution is 2.30. The van der Waals surface area contributed by atoms with Gasteiger partial charge in [0, 0.05) is 7.05 Å². The maximum atomic E-state index is 13.0. The van der Waals surface area contributed by atoms with Crippen LogP contribution in [0.1, 0.15) is 36.8 Å². The number of imide groups is 1. The average molecular weight is 446 g/mol. The summed E-state index contributed by atoms with van der Waals surface area (Å²) in [5, 5.41) is 6.96. The molecule has 4 aromatic rings. The third-order valence-corrected chi connectivity index (χ3v) is 6.28. The van der Waals surface area contributed by atoms with Crippen molar-refractivity contribution in [3.05, 3.63) is 70.2 Å². The average Bonchev–Trinajstić information content (AvgIpc) is 3.49. The Bertz CT molecular complexity index is 1360. The summed E-state index contributed by atoms with van der Waals surface area (Å²) < 4.78 is 7.12. The monoisotopic (exact) mass is 446 g/mol. The van der Waals surface area contributed by atoms with Crippen molar-refractivity contribution >= 4 is 40.2 Å². The minimum atomic E-state index is -0.553. The van der Waals surface area contributed by atoms with Gasteiger partial charge in [-0.25, -0.2) is 9.78 Å². The lowest BCUT2D eigenvalue weighted by Gasteiger charge is -2.14. The first kappa shape index (κ1) is 20.1. The summed E-state index contributed by atoms with van der Waals surface area (Å²) >= 11 is 1.52. The lowest BCUT2D eigenvalue weighted by Crippen LogP contribution is -2.33. The summed E-state index contributed by atoms with van der Waals surface area (Å²) in [4.78, 5) is 44.7. The minimum Gasteiger partial charge on any atom is -0.460 e. The smallest absolute Gasteiger partial charge is 0.339 e. The Morgan fingerprint density at radius 1 is 1.09 bits per heavy atom. The molecule has 3 aromatic heterocycles. The highest BCUT2D eigenvalue weighted by Gasteiger charge is 2.35. The number of fused-ring (bicyclic) bond motifs is 2. The van der Waals surface area contributed by atoms with E-state index in [9.17, 15) is 14.4 Å². The van der Waals surface area contributed by atoms with E-state index in [1.54, 1.807) is 42.1 Å². The van der Waals surface area contributed by atoms with E-state index in [1.165, 1.54) is 11.3 Å². The van der Waals surface area contributed by atoms with Crippen LogP contribution in [0.2, 0.25) is 0 Å². The number of pyridine rings is 1. The first-order valence-electron chi connectivity index (χ1n) is 9.96. The van der Waals surface area contributed by atoms with Crippen molar-refractivity contribution in [3.8, 4) is 10.6 Å². The molecule has 0 radical (unpaired) electrons. The van der Waals surface area contributed by atoms with Gasteiger partial charge in [0.25, 0.3) is 11.8 Å². The molecule has 8 nitrogen and oxygen atoms in total. The number of esters is 1. The topological polar surface area (TPSA) is 94.4 Å². The Balaban J connectivity index is 1.39. The zero-order chi connectivity index (χ0) is 22.4. The molecule has 0 bridgehead atoms. The quantitative estimate of drug-likeness (QED) is 0.344. The normalized spacial score (nSPS) is 13.1. The van der Waals surface area contributed by atoms with Crippen LogP contribution in [0.5, 0.6) is 0 Å². The molecular formula is C23H18N4O4S. The van der Waals surface area contributed by atoms with E-state index in [4.69, 9.17) is 4.74 Å². The van der Waals surface area contributed by atoms with Crippen LogP contribution in [0.3, 0.4) is 0 Å².